The second-order valence-corrected chi connectivity index (χ2v) is 6.98. The third-order valence-electron chi connectivity index (χ3n) is 4.56. The highest BCUT2D eigenvalue weighted by Crippen LogP contribution is 2.26. The number of benzene rings is 3. The molecule has 6 heteroatoms. The molecule has 4 aromatic rings. The average molecular weight is 420 g/mol. The molecule has 0 unspecified atom stereocenters. The third kappa shape index (κ3) is 4.07. The molecule has 0 aliphatic rings. The molecule has 0 atom stereocenters. The number of hydrogen-bond acceptors (Lipinski definition) is 4. The van der Waals surface area contributed by atoms with Crippen LogP contribution in [0.25, 0.3) is 22.3 Å². The van der Waals surface area contributed by atoms with E-state index in [0.29, 0.717) is 39.6 Å². The predicted molar refractivity (Wildman–Crippen MR) is 118 cm³/mol. The summed E-state index contributed by atoms with van der Waals surface area (Å²) >= 11 is 6.09. The van der Waals surface area contributed by atoms with Gasteiger partial charge in [0.15, 0.2) is 5.43 Å². The zero-order chi connectivity index (χ0) is 21.1. The van der Waals surface area contributed by atoms with E-state index in [1.165, 1.54) is 6.07 Å². The summed E-state index contributed by atoms with van der Waals surface area (Å²) in [5, 5.41) is 3.58. The number of halogens is 1. The highest BCUT2D eigenvalue weighted by atomic mass is 35.5. The Kier molecular flexibility index (Phi) is 5.55. The Labute approximate surface area is 177 Å². The lowest BCUT2D eigenvalue weighted by Crippen LogP contribution is -2.12. The minimum atomic E-state index is -0.343. The topological polar surface area (TPSA) is 68.5 Å². The molecule has 1 heterocycles. The molecule has 1 N–H and O–H groups in total. The number of fused-ring (bicyclic) bond motifs is 1. The van der Waals surface area contributed by atoms with E-state index >= 15 is 0 Å². The number of carbonyl (C=O) groups is 1. The fourth-order valence-electron chi connectivity index (χ4n) is 3.10. The van der Waals surface area contributed by atoms with E-state index in [1.54, 1.807) is 42.5 Å². The van der Waals surface area contributed by atoms with E-state index in [4.69, 9.17) is 20.8 Å². The van der Waals surface area contributed by atoms with Crippen molar-refractivity contribution in [3.8, 4) is 17.1 Å². The summed E-state index contributed by atoms with van der Waals surface area (Å²) in [5.41, 5.74) is 1.83. The van der Waals surface area contributed by atoms with E-state index in [9.17, 15) is 9.59 Å². The van der Waals surface area contributed by atoms with Crippen LogP contribution in [0.2, 0.25) is 5.02 Å². The molecule has 0 fully saturated rings. The van der Waals surface area contributed by atoms with Crippen molar-refractivity contribution in [1.29, 1.82) is 0 Å². The van der Waals surface area contributed by atoms with Crippen LogP contribution < -0.4 is 15.5 Å². The van der Waals surface area contributed by atoms with Crippen LogP contribution >= 0.6 is 11.6 Å². The van der Waals surface area contributed by atoms with Gasteiger partial charge in [0.05, 0.1) is 22.6 Å². The maximum Gasteiger partial charge on any atom is 0.257 e. The Bertz CT molecular complexity index is 1280. The quantitative estimate of drug-likeness (QED) is 0.446. The maximum absolute atomic E-state index is 12.6. The molecular formula is C24H18ClNO4. The van der Waals surface area contributed by atoms with Crippen LogP contribution in [0.15, 0.2) is 82.0 Å². The minimum absolute atomic E-state index is 0.163. The molecule has 4 rings (SSSR count). The average Bonchev–Trinajstić information content (AvgIpc) is 2.74. The van der Waals surface area contributed by atoms with Gasteiger partial charge in [-0.15, -0.1) is 0 Å². The lowest BCUT2D eigenvalue weighted by Gasteiger charge is -2.09. The predicted octanol–water partition coefficient (Wildman–Crippen LogP) is 5.76. The number of carbonyl (C=O) groups excluding carboxylic acids is 1. The number of ether oxygens (including phenoxy) is 1. The Morgan fingerprint density at radius 1 is 1.03 bits per heavy atom. The summed E-state index contributed by atoms with van der Waals surface area (Å²) in [6.45, 7) is 2.49. The smallest absolute Gasteiger partial charge is 0.257 e. The first-order chi connectivity index (χ1) is 14.5. The normalized spacial score (nSPS) is 10.7. The molecule has 5 nitrogen and oxygen atoms in total. The van der Waals surface area contributed by atoms with Crippen LogP contribution in [0, 0.1) is 0 Å². The Balaban J connectivity index is 1.67. The van der Waals surface area contributed by atoms with Crippen LogP contribution in [0.3, 0.4) is 0 Å². The monoisotopic (exact) mass is 419 g/mol. The van der Waals surface area contributed by atoms with Gasteiger partial charge in [0.1, 0.15) is 17.1 Å². The van der Waals surface area contributed by atoms with Gasteiger partial charge in [-0.2, -0.15) is 0 Å². The molecule has 0 bridgehead atoms. The largest absolute Gasteiger partial charge is 0.494 e. The zero-order valence-electron chi connectivity index (χ0n) is 16.1. The Morgan fingerprint density at radius 3 is 2.53 bits per heavy atom. The van der Waals surface area contributed by atoms with E-state index in [-0.39, 0.29) is 11.3 Å². The SMILES string of the molecule is CCOc1ccc(-c2cc(=O)c3ccc(NC(=O)c4ccccc4Cl)cc3o2)cc1. The second kappa shape index (κ2) is 8.43. The molecule has 0 aliphatic carbocycles. The van der Waals surface area contributed by atoms with E-state index in [0.717, 1.165) is 11.3 Å². The van der Waals surface area contributed by atoms with Gasteiger partial charge in [0.2, 0.25) is 0 Å². The molecule has 0 spiro atoms. The molecule has 0 radical (unpaired) electrons. The third-order valence-corrected chi connectivity index (χ3v) is 4.88. The molecular weight excluding hydrogens is 402 g/mol. The van der Waals surface area contributed by atoms with Gasteiger partial charge in [0, 0.05) is 23.4 Å². The van der Waals surface area contributed by atoms with Crippen molar-refractivity contribution in [1.82, 2.24) is 0 Å². The molecule has 1 aromatic heterocycles. The summed E-state index contributed by atoms with van der Waals surface area (Å²) in [5.74, 6) is 0.837. The van der Waals surface area contributed by atoms with Gasteiger partial charge in [0.25, 0.3) is 5.91 Å². The van der Waals surface area contributed by atoms with Gasteiger partial charge in [-0.1, -0.05) is 23.7 Å². The first-order valence-electron chi connectivity index (χ1n) is 9.42. The number of nitrogens with one attached hydrogen (secondary N) is 1. The number of amides is 1. The number of hydrogen-bond donors (Lipinski definition) is 1. The van der Waals surface area contributed by atoms with Crippen molar-refractivity contribution in [3.63, 3.8) is 0 Å². The fourth-order valence-corrected chi connectivity index (χ4v) is 3.32. The summed E-state index contributed by atoms with van der Waals surface area (Å²) < 4.78 is 11.4. The van der Waals surface area contributed by atoms with E-state index in [1.807, 2.05) is 31.2 Å². The van der Waals surface area contributed by atoms with Gasteiger partial charge in [-0.3, -0.25) is 9.59 Å². The van der Waals surface area contributed by atoms with Crippen molar-refractivity contribution >= 4 is 34.2 Å². The second-order valence-electron chi connectivity index (χ2n) is 6.58. The number of rotatable bonds is 5. The molecule has 30 heavy (non-hydrogen) atoms. The summed E-state index contributed by atoms with van der Waals surface area (Å²) in [7, 11) is 0. The van der Waals surface area contributed by atoms with Crippen LogP contribution in [-0.4, -0.2) is 12.5 Å². The lowest BCUT2D eigenvalue weighted by molar-refractivity contribution is 0.102. The first kappa shape index (κ1) is 19.7. The summed E-state index contributed by atoms with van der Waals surface area (Å²) in [6.07, 6.45) is 0. The Hall–Kier alpha value is -3.57. The summed E-state index contributed by atoms with van der Waals surface area (Å²) in [4.78, 5) is 25.1. The van der Waals surface area contributed by atoms with Crippen molar-refractivity contribution in [3.05, 3.63) is 93.6 Å². The molecule has 3 aromatic carbocycles. The molecule has 0 saturated heterocycles. The standard InChI is InChI=1S/C24H18ClNO4/c1-2-29-17-10-7-15(8-11-17)22-14-21(27)19-12-9-16(13-23(19)30-22)26-24(28)18-5-3-4-6-20(18)25/h3-14H,2H2,1H3,(H,26,28). The molecule has 1 amide bonds. The molecule has 150 valence electrons. The van der Waals surface area contributed by atoms with Crippen molar-refractivity contribution < 1.29 is 13.9 Å². The fraction of sp³-hybridized carbons (Fsp3) is 0.0833. The van der Waals surface area contributed by atoms with E-state index in [2.05, 4.69) is 5.32 Å². The van der Waals surface area contributed by atoms with Gasteiger partial charge in [-0.25, -0.2) is 0 Å². The summed E-state index contributed by atoms with van der Waals surface area (Å²) in [6, 6.07) is 20.5. The molecule has 0 aliphatic heterocycles. The first-order valence-corrected chi connectivity index (χ1v) is 9.80. The Morgan fingerprint density at radius 2 is 1.80 bits per heavy atom. The van der Waals surface area contributed by atoms with Crippen LogP contribution in [-0.2, 0) is 0 Å². The van der Waals surface area contributed by atoms with Crippen LogP contribution in [0.4, 0.5) is 5.69 Å². The number of anilines is 1. The molecule has 0 saturated carbocycles. The zero-order valence-corrected chi connectivity index (χ0v) is 16.9. The van der Waals surface area contributed by atoms with Crippen LogP contribution in [0.1, 0.15) is 17.3 Å². The van der Waals surface area contributed by atoms with Gasteiger partial charge < -0.3 is 14.5 Å². The highest BCUT2D eigenvalue weighted by Gasteiger charge is 2.12. The van der Waals surface area contributed by atoms with Crippen LogP contribution in [0.5, 0.6) is 5.75 Å². The van der Waals surface area contributed by atoms with Gasteiger partial charge in [-0.05, 0) is 55.5 Å². The maximum atomic E-state index is 12.6. The van der Waals surface area contributed by atoms with Crippen molar-refractivity contribution in [2.75, 3.05) is 11.9 Å². The van der Waals surface area contributed by atoms with E-state index < -0.39 is 0 Å². The van der Waals surface area contributed by atoms with Gasteiger partial charge >= 0.3 is 0 Å². The van der Waals surface area contributed by atoms with Crippen molar-refractivity contribution in [2.45, 2.75) is 6.92 Å². The minimum Gasteiger partial charge on any atom is -0.494 e. The lowest BCUT2D eigenvalue weighted by atomic mass is 10.1. The highest BCUT2D eigenvalue weighted by molar-refractivity contribution is 6.34. The van der Waals surface area contributed by atoms with Crippen molar-refractivity contribution in [2.24, 2.45) is 0 Å².